The molecule has 2 aliphatic rings. The summed E-state index contributed by atoms with van der Waals surface area (Å²) in [5.41, 5.74) is 2.69. The van der Waals surface area contributed by atoms with E-state index in [9.17, 15) is 14.0 Å². The van der Waals surface area contributed by atoms with Crippen LogP contribution in [0.15, 0.2) is 48.5 Å². The molecule has 2 aromatic carbocycles. The summed E-state index contributed by atoms with van der Waals surface area (Å²) < 4.78 is 13.6. The molecule has 2 aromatic rings. The van der Waals surface area contributed by atoms with E-state index in [0.717, 1.165) is 18.4 Å². The highest BCUT2D eigenvalue weighted by Gasteiger charge is 2.33. The number of aryl methyl sites for hydroxylation is 1. The van der Waals surface area contributed by atoms with Crippen molar-refractivity contribution in [2.24, 2.45) is 5.92 Å². The van der Waals surface area contributed by atoms with Crippen LogP contribution in [-0.2, 0) is 11.3 Å². The number of rotatable bonds is 5. The number of carbonyl (C=O) groups is 2. The van der Waals surface area contributed by atoms with Crippen molar-refractivity contribution < 1.29 is 14.0 Å². The van der Waals surface area contributed by atoms with Gasteiger partial charge in [0, 0.05) is 31.6 Å². The van der Waals surface area contributed by atoms with Gasteiger partial charge in [0.05, 0.1) is 0 Å². The van der Waals surface area contributed by atoms with Crippen LogP contribution in [0, 0.1) is 18.7 Å². The highest BCUT2D eigenvalue weighted by molar-refractivity contribution is 5.79. The number of nitrogens with zero attached hydrogens (tertiary/aromatic N) is 1. The fourth-order valence-electron chi connectivity index (χ4n) is 4.42. The molecule has 0 spiro atoms. The monoisotopic (exact) mass is 423 g/mol. The summed E-state index contributed by atoms with van der Waals surface area (Å²) >= 11 is 0. The van der Waals surface area contributed by atoms with Gasteiger partial charge in [0.2, 0.25) is 5.91 Å². The summed E-state index contributed by atoms with van der Waals surface area (Å²) in [6, 6.07) is 15.6. The molecule has 0 aromatic heterocycles. The lowest BCUT2D eigenvalue weighted by Crippen LogP contribution is -2.52. The summed E-state index contributed by atoms with van der Waals surface area (Å²) in [7, 11) is 0. The van der Waals surface area contributed by atoms with Crippen molar-refractivity contribution in [3.05, 3.63) is 71.0 Å². The maximum absolute atomic E-state index is 13.6. The van der Waals surface area contributed by atoms with Crippen LogP contribution in [0.4, 0.5) is 9.18 Å². The van der Waals surface area contributed by atoms with Crippen LogP contribution >= 0.6 is 0 Å². The summed E-state index contributed by atoms with van der Waals surface area (Å²) in [6.07, 6.45) is 3.26. The Morgan fingerprint density at radius 1 is 1.06 bits per heavy atom. The molecule has 1 saturated heterocycles. The van der Waals surface area contributed by atoms with Crippen LogP contribution in [0.2, 0.25) is 0 Å². The molecule has 1 saturated carbocycles. The van der Waals surface area contributed by atoms with Crippen molar-refractivity contribution in [1.29, 1.82) is 0 Å². The van der Waals surface area contributed by atoms with E-state index in [2.05, 4.69) is 34.9 Å². The molecule has 31 heavy (non-hydrogen) atoms. The first-order chi connectivity index (χ1) is 15.0. The second kappa shape index (κ2) is 9.50. The van der Waals surface area contributed by atoms with Gasteiger partial charge in [0.25, 0.3) is 0 Å². The minimum absolute atomic E-state index is 0.0225. The van der Waals surface area contributed by atoms with Crippen molar-refractivity contribution in [2.75, 3.05) is 13.1 Å². The molecule has 1 aliphatic heterocycles. The summed E-state index contributed by atoms with van der Waals surface area (Å²) in [5, 5.41) is 6.04. The minimum atomic E-state index is -0.257. The van der Waals surface area contributed by atoms with Crippen molar-refractivity contribution in [3.8, 4) is 0 Å². The molecule has 1 aliphatic carbocycles. The molecule has 0 atom stereocenters. The molecule has 164 valence electrons. The quantitative estimate of drug-likeness (QED) is 0.760. The predicted octanol–water partition coefficient (Wildman–Crippen LogP) is 4.12. The highest BCUT2D eigenvalue weighted by atomic mass is 19.1. The van der Waals surface area contributed by atoms with Gasteiger partial charge < -0.3 is 15.5 Å². The van der Waals surface area contributed by atoms with E-state index in [-0.39, 0.29) is 29.7 Å². The smallest absolute Gasteiger partial charge is 0.317 e. The molecule has 5 nitrogen and oxygen atoms in total. The Kier molecular flexibility index (Phi) is 6.54. The predicted molar refractivity (Wildman–Crippen MR) is 118 cm³/mol. The Morgan fingerprint density at radius 2 is 1.77 bits per heavy atom. The highest BCUT2D eigenvalue weighted by Crippen LogP contribution is 2.36. The number of urea groups is 1. The van der Waals surface area contributed by atoms with Gasteiger partial charge in [-0.2, -0.15) is 0 Å². The van der Waals surface area contributed by atoms with Crippen LogP contribution < -0.4 is 10.6 Å². The molecule has 0 bridgehead atoms. The second-order valence-electron chi connectivity index (χ2n) is 8.79. The zero-order chi connectivity index (χ0) is 21.8. The average Bonchev–Trinajstić information content (AvgIpc) is 2.77. The van der Waals surface area contributed by atoms with E-state index in [1.54, 1.807) is 13.0 Å². The maximum Gasteiger partial charge on any atom is 0.317 e. The van der Waals surface area contributed by atoms with E-state index < -0.39 is 0 Å². The zero-order valence-electron chi connectivity index (χ0n) is 17.9. The summed E-state index contributed by atoms with van der Waals surface area (Å²) in [4.78, 5) is 26.9. The largest absolute Gasteiger partial charge is 0.352 e. The van der Waals surface area contributed by atoms with Gasteiger partial charge in [-0.05, 0) is 61.3 Å². The van der Waals surface area contributed by atoms with E-state index in [0.29, 0.717) is 44.0 Å². The van der Waals surface area contributed by atoms with E-state index in [4.69, 9.17) is 0 Å². The molecule has 6 heteroatoms. The number of halogens is 1. The normalized spacial score (nSPS) is 21.3. The minimum Gasteiger partial charge on any atom is -0.352 e. The number of piperidine rings is 1. The van der Waals surface area contributed by atoms with Gasteiger partial charge >= 0.3 is 6.03 Å². The number of nitrogens with one attached hydrogen (secondary N) is 2. The second-order valence-corrected chi connectivity index (χ2v) is 8.79. The maximum atomic E-state index is 13.6. The SMILES string of the molecule is Cc1ccc(CNC(=O)C2CCN(C(=O)NC3CC(c4ccccc4)C3)CC2)cc1F. The molecular formula is C25H30FN3O2. The molecule has 0 radical (unpaired) electrons. The van der Waals surface area contributed by atoms with Gasteiger partial charge in [0.15, 0.2) is 0 Å². The van der Waals surface area contributed by atoms with E-state index in [1.807, 2.05) is 17.0 Å². The third kappa shape index (κ3) is 5.24. The first-order valence-electron chi connectivity index (χ1n) is 11.1. The summed E-state index contributed by atoms with van der Waals surface area (Å²) in [5.74, 6) is 0.145. The number of hydrogen-bond acceptors (Lipinski definition) is 2. The fraction of sp³-hybridized carbons (Fsp3) is 0.440. The first kappa shape index (κ1) is 21.3. The molecule has 3 amide bonds. The Labute approximate surface area is 183 Å². The molecule has 2 fully saturated rings. The number of amides is 3. The summed E-state index contributed by atoms with van der Waals surface area (Å²) in [6.45, 7) is 3.20. The van der Waals surface area contributed by atoms with Crippen LogP contribution in [-0.4, -0.2) is 36.0 Å². The van der Waals surface area contributed by atoms with Gasteiger partial charge in [-0.1, -0.05) is 42.5 Å². The fourth-order valence-corrected chi connectivity index (χ4v) is 4.42. The zero-order valence-corrected chi connectivity index (χ0v) is 17.9. The number of likely N-dealkylation sites (tertiary alicyclic amines) is 1. The van der Waals surface area contributed by atoms with Crippen molar-refractivity contribution in [2.45, 2.75) is 51.1 Å². The van der Waals surface area contributed by atoms with Crippen LogP contribution in [0.5, 0.6) is 0 Å². The lowest BCUT2D eigenvalue weighted by Gasteiger charge is -2.38. The standard InChI is InChI=1S/C25H30FN3O2/c1-17-7-8-18(13-23(17)26)16-27-24(30)20-9-11-29(12-10-20)25(31)28-22-14-21(15-22)19-5-3-2-4-6-19/h2-8,13,20-22H,9-12,14-16H2,1H3,(H,27,30)(H,28,31). The average molecular weight is 424 g/mol. The van der Waals surface area contributed by atoms with Gasteiger partial charge in [-0.25, -0.2) is 9.18 Å². The topological polar surface area (TPSA) is 61.4 Å². The van der Waals surface area contributed by atoms with Crippen molar-refractivity contribution >= 4 is 11.9 Å². The molecule has 1 heterocycles. The van der Waals surface area contributed by atoms with E-state index in [1.165, 1.54) is 11.6 Å². The molecule has 0 unspecified atom stereocenters. The number of hydrogen-bond donors (Lipinski definition) is 2. The van der Waals surface area contributed by atoms with Gasteiger partial charge in [-0.3, -0.25) is 4.79 Å². The Balaban J connectivity index is 1.16. The van der Waals surface area contributed by atoms with E-state index >= 15 is 0 Å². The molecule has 4 rings (SSSR count). The lowest BCUT2D eigenvalue weighted by atomic mass is 9.76. The third-order valence-corrected chi connectivity index (χ3v) is 6.59. The Bertz CT molecular complexity index is 920. The van der Waals surface area contributed by atoms with Crippen molar-refractivity contribution in [1.82, 2.24) is 15.5 Å². The molecule has 2 N–H and O–H groups in total. The number of carbonyl (C=O) groups excluding carboxylic acids is 2. The third-order valence-electron chi connectivity index (χ3n) is 6.59. The van der Waals surface area contributed by atoms with Crippen LogP contribution in [0.3, 0.4) is 0 Å². The Morgan fingerprint density at radius 3 is 2.45 bits per heavy atom. The molecular weight excluding hydrogens is 393 g/mol. The Hall–Kier alpha value is -2.89. The first-order valence-corrected chi connectivity index (χ1v) is 11.1. The van der Waals surface area contributed by atoms with Gasteiger partial charge in [-0.15, -0.1) is 0 Å². The van der Waals surface area contributed by atoms with Crippen LogP contribution in [0.1, 0.15) is 48.3 Å². The lowest BCUT2D eigenvalue weighted by molar-refractivity contribution is -0.126. The van der Waals surface area contributed by atoms with Crippen molar-refractivity contribution in [3.63, 3.8) is 0 Å². The number of benzene rings is 2. The van der Waals surface area contributed by atoms with Gasteiger partial charge in [0.1, 0.15) is 5.82 Å². The van der Waals surface area contributed by atoms with Crippen LogP contribution in [0.25, 0.3) is 0 Å².